The molecule has 0 aliphatic heterocycles. The molecule has 1 rings (SSSR count). The first-order chi connectivity index (χ1) is 7.00. The summed E-state index contributed by atoms with van der Waals surface area (Å²) in [6.07, 6.45) is 0.580. The van der Waals surface area contributed by atoms with E-state index in [1.54, 1.807) is 0 Å². The lowest BCUT2D eigenvalue weighted by molar-refractivity contribution is -0.146. The van der Waals surface area contributed by atoms with E-state index < -0.39 is 17.5 Å². The van der Waals surface area contributed by atoms with E-state index in [1.165, 1.54) is 24.3 Å². The fourth-order valence-electron chi connectivity index (χ4n) is 0.934. The van der Waals surface area contributed by atoms with Crippen molar-refractivity contribution >= 4 is 17.5 Å². The fraction of sp³-hybridized carbons (Fsp3) is 0. The van der Waals surface area contributed by atoms with E-state index in [9.17, 15) is 14.7 Å². The summed E-state index contributed by atoms with van der Waals surface area (Å²) in [5.41, 5.74) is 0.171. The van der Waals surface area contributed by atoms with Crippen LogP contribution in [0.1, 0.15) is 5.56 Å². The fourth-order valence-corrected chi connectivity index (χ4v) is 0.934. The van der Waals surface area contributed by atoms with Gasteiger partial charge in [0.2, 0.25) is 0 Å². The van der Waals surface area contributed by atoms with Gasteiger partial charge in [0.1, 0.15) is 11.5 Å². The van der Waals surface area contributed by atoms with Gasteiger partial charge in [-0.1, -0.05) is 12.1 Å². The molecule has 78 valence electrons. The van der Waals surface area contributed by atoms with E-state index in [0.717, 1.165) is 0 Å². The van der Waals surface area contributed by atoms with Crippen molar-refractivity contribution in [2.24, 2.45) is 0 Å². The van der Waals surface area contributed by atoms with Gasteiger partial charge >= 0.3 is 5.97 Å². The predicted octanol–water partition coefficient (Wildman–Crippen LogP) is 0.945. The van der Waals surface area contributed by atoms with Crippen molar-refractivity contribution < 1.29 is 24.9 Å². The smallest absolute Gasteiger partial charge is 0.376 e. The number of carboxylic acid groups (broad SMARTS) is 1. The Hall–Kier alpha value is -2.30. The van der Waals surface area contributed by atoms with Crippen molar-refractivity contribution in [1.29, 1.82) is 0 Å². The number of benzene rings is 1. The number of aliphatic hydroxyl groups excluding tert-OH is 1. The Kier molecular flexibility index (Phi) is 3.07. The molecule has 0 bridgehead atoms. The van der Waals surface area contributed by atoms with Crippen molar-refractivity contribution in [3.05, 3.63) is 35.9 Å². The normalized spacial score (nSPS) is 11.1. The number of carbonyl (C=O) groups excluding carboxylic acids is 1. The van der Waals surface area contributed by atoms with Crippen LogP contribution in [0.4, 0.5) is 0 Å². The Morgan fingerprint density at radius 2 is 1.87 bits per heavy atom. The van der Waals surface area contributed by atoms with Crippen LogP contribution in [-0.2, 0) is 9.59 Å². The first-order valence-electron chi connectivity index (χ1n) is 3.98. The van der Waals surface area contributed by atoms with Gasteiger partial charge in [-0.2, -0.15) is 0 Å². The molecule has 0 radical (unpaired) electrons. The van der Waals surface area contributed by atoms with Crippen LogP contribution in [-0.4, -0.2) is 27.1 Å². The van der Waals surface area contributed by atoms with E-state index in [-0.39, 0.29) is 11.3 Å². The number of aliphatic hydroxyl groups is 1. The van der Waals surface area contributed by atoms with Gasteiger partial charge in [0.05, 0.1) is 0 Å². The van der Waals surface area contributed by atoms with Crippen LogP contribution < -0.4 is 0 Å². The average Bonchev–Trinajstić information content (AvgIpc) is 2.17. The third-order valence-corrected chi connectivity index (χ3v) is 1.62. The highest BCUT2D eigenvalue weighted by atomic mass is 16.4. The molecule has 0 amide bonds. The minimum absolute atomic E-state index is 0.0878. The zero-order valence-corrected chi connectivity index (χ0v) is 7.54. The standard InChI is InChI=1S/C10H8O5/c11-7-3-1-2-6(4-7)8(12)5-9(13)10(14)15/h1-5,11-12H,(H,14,15)/b8-5+. The van der Waals surface area contributed by atoms with Crippen molar-refractivity contribution in [1.82, 2.24) is 0 Å². The maximum atomic E-state index is 10.7. The van der Waals surface area contributed by atoms with Gasteiger partial charge in [-0.15, -0.1) is 0 Å². The molecule has 5 heteroatoms. The Morgan fingerprint density at radius 1 is 1.20 bits per heavy atom. The summed E-state index contributed by atoms with van der Waals surface area (Å²) in [4.78, 5) is 20.9. The summed E-state index contributed by atoms with van der Waals surface area (Å²) in [6.45, 7) is 0. The number of ketones is 1. The van der Waals surface area contributed by atoms with Gasteiger partial charge in [0.15, 0.2) is 0 Å². The number of carbonyl (C=O) groups is 2. The second-order valence-corrected chi connectivity index (χ2v) is 2.75. The highest BCUT2D eigenvalue weighted by molar-refractivity contribution is 6.38. The molecular weight excluding hydrogens is 200 g/mol. The molecule has 0 atom stereocenters. The van der Waals surface area contributed by atoms with Gasteiger partial charge in [-0.3, -0.25) is 4.79 Å². The number of rotatable bonds is 3. The second-order valence-electron chi connectivity index (χ2n) is 2.75. The molecule has 5 nitrogen and oxygen atoms in total. The van der Waals surface area contributed by atoms with E-state index in [1.807, 2.05) is 0 Å². The van der Waals surface area contributed by atoms with Gasteiger partial charge in [0, 0.05) is 11.6 Å². The summed E-state index contributed by atoms with van der Waals surface area (Å²) in [6, 6.07) is 5.48. The molecule has 1 aromatic rings. The summed E-state index contributed by atoms with van der Waals surface area (Å²) >= 11 is 0. The Labute approximate surface area is 84.9 Å². The molecule has 0 unspecified atom stereocenters. The van der Waals surface area contributed by atoms with Crippen LogP contribution in [0.15, 0.2) is 30.3 Å². The summed E-state index contributed by atoms with van der Waals surface area (Å²) in [5.74, 6) is -3.47. The zero-order valence-electron chi connectivity index (χ0n) is 7.54. The molecule has 0 aromatic heterocycles. The van der Waals surface area contributed by atoms with Crippen LogP contribution in [0.2, 0.25) is 0 Å². The van der Waals surface area contributed by atoms with Crippen LogP contribution in [0, 0.1) is 0 Å². The number of aromatic hydroxyl groups is 1. The first kappa shape index (κ1) is 10.8. The zero-order chi connectivity index (χ0) is 11.4. The Morgan fingerprint density at radius 3 is 2.40 bits per heavy atom. The van der Waals surface area contributed by atoms with Gasteiger partial charge < -0.3 is 15.3 Å². The number of carboxylic acids is 1. The SMILES string of the molecule is O=C(O)C(=O)/C=C(/O)c1cccc(O)c1. The van der Waals surface area contributed by atoms with Crippen molar-refractivity contribution in [2.45, 2.75) is 0 Å². The third kappa shape index (κ3) is 2.84. The van der Waals surface area contributed by atoms with E-state index in [0.29, 0.717) is 6.08 Å². The molecule has 3 N–H and O–H groups in total. The first-order valence-corrected chi connectivity index (χ1v) is 3.98. The molecule has 0 saturated carbocycles. The quantitative estimate of drug-likeness (QED) is 0.390. The Balaban J connectivity index is 2.99. The van der Waals surface area contributed by atoms with E-state index in [4.69, 9.17) is 10.2 Å². The molecule has 0 spiro atoms. The van der Waals surface area contributed by atoms with Crippen LogP contribution in [0.25, 0.3) is 5.76 Å². The highest BCUT2D eigenvalue weighted by Crippen LogP contribution is 2.16. The molecule has 1 aromatic carbocycles. The van der Waals surface area contributed by atoms with Gasteiger partial charge in [-0.25, -0.2) is 4.79 Å². The molecule has 15 heavy (non-hydrogen) atoms. The molecular formula is C10H8O5. The lowest BCUT2D eigenvalue weighted by Gasteiger charge is -1.99. The van der Waals surface area contributed by atoms with Crippen LogP contribution >= 0.6 is 0 Å². The van der Waals surface area contributed by atoms with Crippen molar-refractivity contribution in [3.63, 3.8) is 0 Å². The number of hydrogen-bond donors (Lipinski definition) is 3. The molecule has 0 fully saturated rings. The van der Waals surface area contributed by atoms with Crippen molar-refractivity contribution in [2.75, 3.05) is 0 Å². The summed E-state index contributed by atoms with van der Waals surface area (Å²) < 4.78 is 0. The monoisotopic (exact) mass is 208 g/mol. The number of aliphatic carboxylic acids is 1. The maximum absolute atomic E-state index is 10.7. The number of hydrogen-bond acceptors (Lipinski definition) is 4. The number of phenols is 1. The third-order valence-electron chi connectivity index (χ3n) is 1.62. The highest BCUT2D eigenvalue weighted by Gasteiger charge is 2.10. The summed E-state index contributed by atoms with van der Waals surface area (Å²) in [5, 5.41) is 26.7. The Bertz CT molecular complexity index is 433. The lowest BCUT2D eigenvalue weighted by atomic mass is 10.1. The minimum atomic E-state index is -1.65. The molecule has 0 aliphatic carbocycles. The van der Waals surface area contributed by atoms with E-state index >= 15 is 0 Å². The minimum Gasteiger partial charge on any atom is -0.508 e. The van der Waals surface area contributed by atoms with Gasteiger partial charge in [-0.05, 0) is 12.1 Å². The summed E-state index contributed by atoms with van der Waals surface area (Å²) in [7, 11) is 0. The number of phenolic OH excluding ortho intramolecular Hbond substituents is 1. The molecule has 0 aliphatic rings. The largest absolute Gasteiger partial charge is 0.508 e. The topological polar surface area (TPSA) is 94.8 Å². The maximum Gasteiger partial charge on any atom is 0.376 e. The van der Waals surface area contributed by atoms with Crippen LogP contribution in [0.5, 0.6) is 5.75 Å². The lowest BCUT2D eigenvalue weighted by Crippen LogP contribution is -2.09. The molecule has 0 saturated heterocycles. The van der Waals surface area contributed by atoms with E-state index in [2.05, 4.69) is 0 Å². The second kappa shape index (κ2) is 4.28. The van der Waals surface area contributed by atoms with Gasteiger partial charge in [0.25, 0.3) is 5.78 Å². The predicted molar refractivity (Wildman–Crippen MR) is 51.4 cm³/mol. The van der Waals surface area contributed by atoms with Crippen molar-refractivity contribution in [3.8, 4) is 5.75 Å². The molecule has 0 heterocycles. The van der Waals surface area contributed by atoms with Crippen LogP contribution in [0.3, 0.4) is 0 Å². The average molecular weight is 208 g/mol.